The molecular formula is C18H17NO3. The van der Waals surface area contributed by atoms with Crippen molar-refractivity contribution in [2.45, 2.75) is 6.92 Å². The summed E-state index contributed by atoms with van der Waals surface area (Å²) in [5.41, 5.74) is 3.00. The summed E-state index contributed by atoms with van der Waals surface area (Å²) in [6, 6.07) is 13.1. The van der Waals surface area contributed by atoms with Crippen LogP contribution >= 0.6 is 0 Å². The third kappa shape index (κ3) is 2.22. The highest BCUT2D eigenvalue weighted by Crippen LogP contribution is 2.29. The van der Waals surface area contributed by atoms with E-state index in [0.29, 0.717) is 22.8 Å². The second kappa shape index (κ2) is 5.56. The number of aromatic nitrogens is 1. The molecule has 0 atom stereocenters. The van der Waals surface area contributed by atoms with Crippen molar-refractivity contribution in [3.63, 3.8) is 0 Å². The zero-order valence-corrected chi connectivity index (χ0v) is 12.8. The van der Waals surface area contributed by atoms with Gasteiger partial charge in [0.25, 0.3) is 0 Å². The SMILES string of the molecule is COc1ccc(C(=O)c2[nH]c3ccccc3c2C)c(OC)c1. The first kappa shape index (κ1) is 14.2. The number of ketones is 1. The summed E-state index contributed by atoms with van der Waals surface area (Å²) in [5.74, 6) is 1.07. The summed E-state index contributed by atoms with van der Waals surface area (Å²) in [7, 11) is 3.13. The van der Waals surface area contributed by atoms with Gasteiger partial charge in [0.15, 0.2) is 0 Å². The summed E-state index contributed by atoms with van der Waals surface area (Å²) in [5, 5.41) is 1.05. The van der Waals surface area contributed by atoms with Gasteiger partial charge in [-0.3, -0.25) is 4.79 Å². The van der Waals surface area contributed by atoms with Crippen LogP contribution in [0.2, 0.25) is 0 Å². The lowest BCUT2D eigenvalue weighted by Crippen LogP contribution is -2.06. The molecule has 0 fully saturated rings. The molecule has 1 N–H and O–H groups in total. The largest absolute Gasteiger partial charge is 0.497 e. The van der Waals surface area contributed by atoms with Crippen molar-refractivity contribution in [1.29, 1.82) is 0 Å². The number of carbonyl (C=O) groups is 1. The molecule has 22 heavy (non-hydrogen) atoms. The second-order valence-electron chi connectivity index (χ2n) is 5.07. The maximum atomic E-state index is 12.9. The van der Waals surface area contributed by atoms with Gasteiger partial charge in [-0.15, -0.1) is 0 Å². The van der Waals surface area contributed by atoms with E-state index in [9.17, 15) is 4.79 Å². The average molecular weight is 295 g/mol. The number of fused-ring (bicyclic) bond motifs is 1. The van der Waals surface area contributed by atoms with Crippen LogP contribution in [0.4, 0.5) is 0 Å². The molecule has 0 aliphatic carbocycles. The molecule has 1 heterocycles. The number of aryl methyl sites for hydroxylation is 1. The molecule has 0 saturated carbocycles. The summed E-state index contributed by atoms with van der Waals surface area (Å²) in [6.45, 7) is 1.95. The maximum Gasteiger partial charge on any atom is 0.213 e. The van der Waals surface area contributed by atoms with Gasteiger partial charge < -0.3 is 14.5 Å². The molecule has 0 aliphatic rings. The van der Waals surface area contributed by atoms with Gasteiger partial charge in [-0.05, 0) is 30.7 Å². The Balaban J connectivity index is 2.11. The fourth-order valence-corrected chi connectivity index (χ4v) is 2.63. The van der Waals surface area contributed by atoms with Crippen molar-refractivity contribution in [2.24, 2.45) is 0 Å². The Kier molecular flexibility index (Phi) is 3.59. The fraction of sp³-hybridized carbons (Fsp3) is 0.167. The molecule has 3 aromatic rings. The van der Waals surface area contributed by atoms with Gasteiger partial charge in [0.05, 0.1) is 25.5 Å². The van der Waals surface area contributed by atoms with Crippen LogP contribution in [0, 0.1) is 6.92 Å². The van der Waals surface area contributed by atoms with Crippen LogP contribution in [0.1, 0.15) is 21.6 Å². The van der Waals surface area contributed by atoms with Crippen molar-refractivity contribution in [3.05, 3.63) is 59.3 Å². The van der Waals surface area contributed by atoms with Crippen molar-refractivity contribution < 1.29 is 14.3 Å². The summed E-state index contributed by atoms with van der Waals surface area (Å²) in [6.07, 6.45) is 0. The first-order valence-electron chi connectivity index (χ1n) is 6.99. The van der Waals surface area contributed by atoms with E-state index in [-0.39, 0.29) is 5.78 Å². The highest BCUT2D eigenvalue weighted by atomic mass is 16.5. The lowest BCUT2D eigenvalue weighted by Gasteiger charge is -2.09. The molecule has 0 radical (unpaired) electrons. The Morgan fingerprint density at radius 1 is 1.05 bits per heavy atom. The number of ether oxygens (including phenoxy) is 2. The van der Waals surface area contributed by atoms with E-state index in [1.165, 1.54) is 0 Å². The monoisotopic (exact) mass is 295 g/mol. The number of benzene rings is 2. The van der Waals surface area contributed by atoms with Crippen molar-refractivity contribution in [1.82, 2.24) is 4.98 Å². The zero-order valence-electron chi connectivity index (χ0n) is 12.8. The Bertz CT molecular complexity index is 849. The van der Waals surface area contributed by atoms with Crippen LogP contribution in [0.5, 0.6) is 11.5 Å². The van der Waals surface area contributed by atoms with E-state index in [1.54, 1.807) is 32.4 Å². The van der Waals surface area contributed by atoms with Gasteiger partial charge >= 0.3 is 0 Å². The van der Waals surface area contributed by atoms with Crippen LogP contribution in [-0.2, 0) is 0 Å². The molecule has 1 aromatic heterocycles. The molecule has 0 amide bonds. The Labute approximate surface area is 128 Å². The molecule has 0 saturated heterocycles. The molecule has 0 spiro atoms. The quantitative estimate of drug-likeness (QED) is 0.746. The van der Waals surface area contributed by atoms with Crippen LogP contribution < -0.4 is 9.47 Å². The number of para-hydroxylation sites is 1. The van der Waals surface area contributed by atoms with Crippen molar-refractivity contribution in [2.75, 3.05) is 14.2 Å². The Morgan fingerprint density at radius 3 is 2.50 bits per heavy atom. The predicted octanol–water partition coefficient (Wildman–Crippen LogP) is 3.72. The number of methoxy groups -OCH3 is 2. The lowest BCUT2D eigenvalue weighted by molar-refractivity contribution is 0.103. The van der Waals surface area contributed by atoms with Gasteiger partial charge in [-0.25, -0.2) is 0 Å². The number of carbonyl (C=O) groups excluding carboxylic acids is 1. The minimum absolute atomic E-state index is 0.0896. The van der Waals surface area contributed by atoms with E-state index in [4.69, 9.17) is 9.47 Å². The number of H-pyrrole nitrogens is 1. The average Bonchev–Trinajstić information content (AvgIpc) is 2.91. The number of hydrogen-bond acceptors (Lipinski definition) is 3. The van der Waals surface area contributed by atoms with E-state index in [1.807, 2.05) is 31.2 Å². The molecule has 2 aromatic carbocycles. The molecule has 0 aliphatic heterocycles. The van der Waals surface area contributed by atoms with Crippen LogP contribution in [0.3, 0.4) is 0 Å². The van der Waals surface area contributed by atoms with E-state index in [0.717, 1.165) is 16.5 Å². The standard InChI is InChI=1S/C18H17NO3/c1-11-13-6-4-5-7-15(13)19-17(11)18(20)14-9-8-12(21-2)10-16(14)22-3/h4-10,19H,1-3H3. The lowest BCUT2D eigenvalue weighted by atomic mass is 10.0. The molecule has 4 nitrogen and oxygen atoms in total. The summed E-state index contributed by atoms with van der Waals surface area (Å²) >= 11 is 0. The first-order valence-corrected chi connectivity index (χ1v) is 6.99. The highest BCUT2D eigenvalue weighted by molar-refractivity contribution is 6.13. The highest BCUT2D eigenvalue weighted by Gasteiger charge is 2.20. The minimum atomic E-state index is -0.0896. The van der Waals surface area contributed by atoms with Gasteiger partial charge in [0.2, 0.25) is 5.78 Å². The third-order valence-corrected chi connectivity index (χ3v) is 3.85. The second-order valence-corrected chi connectivity index (χ2v) is 5.07. The third-order valence-electron chi connectivity index (χ3n) is 3.85. The molecule has 3 rings (SSSR count). The fourth-order valence-electron chi connectivity index (χ4n) is 2.63. The van der Waals surface area contributed by atoms with Gasteiger partial charge in [0.1, 0.15) is 11.5 Å². The normalized spacial score (nSPS) is 10.7. The van der Waals surface area contributed by atoms with Gasteiger partial charge in [-0.1, -0.05) is 18.2 Å². The summed E-state index contributed by atoms with van der Waals surface area (Å²) < 4.78 is 10.5. The van der Waals surface area contributed by atoms with E-state index >= 15 is 0 Å². The number of aromatic amines is 1. The van der Waals surface area contributed by atoms with Crippen molar-refractivity contribution >= 4 is 16.7 Å². The topological polar surface area (TPSA) is 51.3 Å². The van der Waals surface area contributed by atoms with E-state index < -0.39 is 0 Å². The van der Waals surface area contributed by atoms with Crippen molar-refractivity contribution in [3.8, 4) is 11.5 Å². The van der Waals surface area contributed by atoms with Gasteiger partial charge in [0, 0.05) is 17.0 Å². The van der Waals surface area contributed by atoms with Gasteiger partial charge in [-0.2, -0.15) is 0 Å². The van der Waals surface area contributed by atoms with E-state index in [2.05, 4.69) is 4.98 Å². The number of nitrogens with one attached hydrogen (secondary N) is 1. The molecule has 0 bridgehead atoms. The Hall–Kier alpha value is -2.75. The van der Waals surface area contributed by atoms with Crippen LogP contribution in [-0.4, -0.2) is 25.0 Å². The Morgan fingerprint density at radius 2 is 1.82 bits per heavy atom. The predicted molar refractivity (Wildman–Crippen MR) is 86.0 cm³/mol. The smallest absolute Gasteiger partial charge is 0.213 e. The van der Waals surface area contributed by atoms with Crippen LogP contribution in [0.15, 0.2) is 42.5 Å². The summed E-state index contributed by atoms with van der Waals surface area (Å²) in [4.78, 5) is 16.1. The van der Waals surface area contributed by atoms with Crippen LogP contribution in [0.25, 0.3) is 10.9 Å². The molecule has 4 heteroatoms. The molecular weight excluding hydrogens is 278 g/mol. The molecule has 0 unspecified atom stereocenters. The maximum absolute atomic E-state index is 12.9. The first-order chi connectivity index (χ1) is 10.7. The molecule has 112 valence electrons. The number of rotatable bonds is 4. The zero-order chi connectivity index (χ0) is 15.7. The number of hydrogen-bond donors (Lipinski definition) is 1. The minimum Gasteiger partial charge on any atom is -0.497 e.